The van der Waals surface area contributed by atoms with Crippen molar-refractivity contribution in [2.24, 2.45) is 0 Å². The highest BCUT2D eigenvalue weighted by molar-refractivity contribution is 6.00. The van der Waals surface area contributed by atoms with Crippen molar-refractivity contribution in [2.45, 2.75) is 51.4 Å². The zero-order valence-corrected chi connectivity index (χ0v) is 15.1. The Labute approximate surface area is 155 Å². The number of amides is 2. The highest BCUT2D eigenvalue weighted by Gasteiger charge is 2.13. The third-order valence-electron chi connectivity index (χ3n) is 4.75. The van der Waals surface area contributed by atoms with Crippen LogP contribution in [0, 0.1) is 0 Å². The van der Waals surface area contributed by atoms with Gasteiger partial charge >= 0.3 is 0 Å². The molecule has 0 saturated heterocycles. The molecule has 4 heteroatoms. The molecule has 1 heterocycles. The van der Waals surface area contributed by atoms with Crippen molar-refractivity contribution in [1.82, 2.24) is 0 Å². The first-order chi connectivity index (χ1) is 12.7. The molecule has 0 atom stereocenters. The first-order valence-electron chi connectivity index (χ1n) is 9.52. The SMILES string of the molecule is O=C1CCCCCCCCC(=O)Nc2ccccc2-c2ccccc2N1. The van der Waals surface area contributed by atoms with Gasteiger partial charge in [0.1, 0.15) is 0 Å². The quantitative estimate of drug-likeness (QED) is 0.671. The summed E-state index contributed by atoms with van der Waals surface area (Å²) in [5.41, 5.74) is 3.41. The third kappa shape index (κ3) is 4.94. The number of fused-ring (bicyclic) bond motifs is 3. The molecule has 2 N–H and O–H groups in total. The molecule has 4 nitrogen and oxygen atoms in total. The predicted octanol–water partition coefficient (Wildman–Crippen LogP) is 5.37. The summed E-state index contributed by atoms with van der Waals surface area (Å²) in [6.45, 7) is 0. The standard InChI is InChI=1S/C22H26N2O2/c25-21-15-5-3-1-2-4-6-16-22(26)24-20-14-10-8-12-18(20)17-11-7-9-13-19(17)23-21/h7-14H,1-6,15-16H2,(H,23,25)(H,24,26). The summed E-state index contributed by atoms with van der Waals surface area (Å²) in [4.78, 5) is 24.6. The molecule has 0 unspecified atom stereocenters. The van der Waals surface area contributed by atoms with E-state index in [1.54, 1.807) is 0 Å². The lowest BCUT2D eigenvalue weighted by atomic mass is 10.0. The largest absolute Gasteiger partial charge is 0.326 e. The molecule has 0 aromatic heterocycles. The van der Waals surface area contributed by atoms with Gasteiger partial charge in [-0.2, -0.15) is 0 Å². The van der Waals surface area contributed by atoms with Crippen molar-refractivity contribution in [1.29, 1.82) is 0 Å². The van der Waals surface area contributed by atoms with Crippen molar-refractivity contribution >= 4 is 23.2 Å². The first-order valence-corrected chi connectivity index (χ1v) is 9.52. The van der Waals surface area contributed by atoms with Crippen molar-refractivity contribution < 1.29 is 9.59 Å². The molecular formula is C22H26N2O2. The van der Waals surface area contributed by atoms with Gasteiger partial charge in [-0.05, 0) is 25.0 Å². The van der Waals surface area contributed by atoms with Gasteiger partial charge in [0.2, 0.25) is 11.8 Å². The number of carbonyl (C=O) groups is 2. The maximum atomic E-state index is 12.3. The minimum absolute atomic E-state index is 0.0473. The van der Waals surface area contributed by atoms with Crippen LogP contribution in [0.4, 0.5) is 11.4 Å². The Kier molecular flexibility index (Phi) is 6.42. The Bertz CT molecular complexity index is 705. The summed E-state index contributed by atoms with van der Waals surface area (Å²) in [5.74, 6) is 0.0946. The van der Waals surface area contributed by atoms with E-state index in [9.17, 15) is 9.59 Å². The number of rotatable bonds is 0. The number of benzene rings is 2. The topological polar surface area (TPSA) is 58.2 Å². The molecule has 2 aromatic carbocycles. The molecule has 2 aromatic rings. The summed E-state index contributed by atoms with van der Waals surface area (Å²) >= 11 is 0. The molecule has 0 fully saturated rings. The van der Waals surface area contributed by atoms with Crippen LogP contribution < -0.4 is 10.6 Å². The van der Waals surface area contributed by atoms with Crippen molar-refractivity contribution in [3.05, 3.63) is 48.5 Å². The van der Waals surface area contributed by atoms with E-state index in [0.717, 1.165) is 61.0 Å². The number of anilines is 2. The van der Waals surface area contributed by atoms with Crippen LogP contribution >= 0.6 is 0 Å². The van der Waals surface area contributed by atoms with E-state index in [-0.39, 0.29) is 11.8 Å². The molecule has 0 radical (unpaired) electrons. The Morgan fingerprint density at radius 2 is 0.923 bits per heavy atom. The second-order valence-corrected chi connectivity index (χ2v) is 6.81. The predicted molar refractivity (Wildman–Crippen MR) is 106 cm³/mol. The van der Waals surface area contributed by atoms with Crippen LogP contribution in [0.3, 0.4) is 0 Å². The molecule has 0 bridgehead atoms. The number of para-hydroxylation sites is 2. The molecule has 136 valence electrons. The zero-order valence-electron chi connectivity index (χ0n) is 15.1. The fourth-order valence-electron chi connectivity index (χ4n) is 3.36. The van der Waals surface area contributed by atoms with Crippen LogP contribution in [0.2, 0.25) is 0 Å². The van der Waals surface area contributed by atoms with Crippen LogP contribution in [0.5, 0.6) is 0 Å². The molecule has 1 aliphatic rings. The Hall–Kier alpha value is -2.62. The van der Waals surface area contributed by atoms with Crippen molar-refractivity contribution in [3.63, 3.8) is 0 Å². The van der Waals surface area contributed by atoms with Gasteiger partial charge in [0.05, 0.1) is 0 Å². The Balaban J connectivity index is 1.92. The molecule has 0 saturated carbocycles. The summed E-state index contributed by atoms with van der Waals surface area (Å²) in [6, 6.07) is 15.5. The lowest BCUT2D eigenvalue weighted by Crippen LogP contribution is -2.14. The number of hydrogen-bond donors (Lipinski definition) is 2. The van der Waals surface area contributed by atoms with Gasteiger partial charge in [0.25, 0.3) is 0 Å². The van der Waals surface area contributed by atoms with Crippen LogP contribution in [0.15, 0.2) is 48.5 Å². The fourth-order valence-corrected chi connectivity index (χ4v) is 3.36. The van der Waals surface area contributed by atoms with E-state index in [0.29, 0.717) is 12.8 Å². The average molecular weight is 350 g/mol. The fraction of sp³-hybridized carbons (Fsp3) is 0.364. The monoisotopic (exact) mass is 350 g/mol. The number of nitrogens with one attached hydrogen (secondary N) is 2. The van der Waals surface area contributed by atoms with E-state index in [4.69, 9.17) is 0 Å². The second kappa shape index (κ2) is 9.18. The van der Waals surface area contributed by atoms with Gasteiger partial charge in [-0.15, -0.1) is 0 Å². The molecule has 2 amide bonds. The molecule has 0 aliphatic carbocycles. The van der Waals surface area contributed by atoms with Gasteiger partial charge in [0, 0.05) is 35.3 Å². The summed E-state index contributed by atoms with van der Waals surface area (Å²) in [6.07, 6.45) is 7.27. The first kappa shape index (κ1) is 18.2. The van der Waals surface area contributed by atoms with Gasteiger partial charge in [-0.25, -0.2) is 0 Å². The lowest BCUT2D eigenvalue weighted by Gasteiger charge is -2.16. The van der Waals surface area contributed by atoms with Gasteiger partial charge in [0.15, 0.2) is 0 Å². The molecular weight excluding hydrogens is 324 g/mol. The minimum atomic E-state index is 0.0473. The Morgan fingerprint density at radius 1 is 0.538 bits per heavy atom. The van der Waals surface area contributed by atoms with E-state index < -0.39 is 0 Å². The Morgan fingerprint density at radius 3 is 1.38 bits per heavy atom. The second-order valence-electron chi connectivity index (χ2n) is 6.81. The smallest absolute Gasteiger partial charge is 0.224 e. The molecule has 0 spiro atoms. The van der Waals surface area contributed by atoms with Crippen LogP contribution in [0.25, 0.3) is 11.1 Å². The molecule has 26 heavy (non-hydrogen) atoms. The van der Waals surface area contributed by atoms with E-state index >= 15 is 0 Å². The summed E-state index contributed by atoms with van der Waals surface area (Å²) in [7, 11) is 0. The van der Waals surface area contributed by atoms with Gasteiger partial charge in [-0.1, -0.05) is 62.1 Å². The number of carbonyl (C=O) groups excluding carboxylic acids is 2. The van der Waals surface area contributed by atoms with Crippen LogP contribution in [-0.2, 0) is 9.59 Å². The van der Waals surface area contributed by atoms with Crippen LogP contribution in [-0.4, -0.2) is 11.8 Å². The maximum Gasteiger partial charge on any atom is 0.224 e. The highest BCUT2D eigenvalue weighted by Crippen LogP contribution is 2.33. The zero-order chi connectivity index (χ0) is 18.2. The lowest BCUT2D eigenvalue weighted by molar-refractivity contribution is -0.117. The van der Waals surface area contributed by atoms with Crippen molar-refractivity contribution in [2.75, 3.05) is 10.6 Å². The number of hydrogen-bond acceptors (Lipinski definition) is 2. The normalized spacial score (nSPS) is 16.8. The van der Waals surface area contributed by atoms with Gasteiger partial charge < -0.3 is 10.6 Å². The van der Waals surface area contributed by atoms with Crippen molar-refractivity contribution in [3.8, 4) is 11.1 Å². The highest BCUT2D eigenvalue weighted by atomic mass is 16.2. The third-order valence-corrected chi connectivity index (χ3v) is 4.75. The van der Waals surface area contributed by atoms with E-state index in [1.807, 2.05) is 48.5 Å². The molecule has 1 aliphatic heterocycles. The summed E-state index contributed by atoms with van der Waals surface area (Å²) in [5, 5.41) is 6.09. The minimum Gasteiger partial charge on any atom is -0.326 e. The van der Waals surface area contributed by atoms with E-state index in [2.05, 4.69) is 10.6 Å². The van der Waals surface area contributed by atoms with Crippen LogP contribution in [0.1, 0.15) is 51.4 Å². The maximum absolute atomic E-state index is 12.3. The molecule has 3 rings (SSSR count). The van der Waals surface area contributed by atoms with Gasteiger partial charge in [-0.3, -0.25) is 9.59 Å². The van der Waals surface area contributed by atoms with E-state index in [1.165, 1.54) is 0 Å². The summed E-state index contributed by atoms with van der Waals surface area (Å²) < 4.78 is 0. The average Bonchev–Trinajstić information content (AvgIpc) is 2.64.